The van der Waals surface area contributed by atoms with E-state index >= 15 is 0 Å². The maximum atomic E-state index is 5.28. The van der Waals surface area contributed by atoms with Crippen molar-refractivity contribution in [2.75, 3.05) is 0 Å². The van der Waals surface area contributed by atoms with Crippen LogP contribution in [0.2, 0.25) is 0 Å². The lowest BCUT2D eigenvalue weighted by molar-refractivity contribution is 0.522. The van der Waals surface area contributed by atoms with Gasteiger partial charge in [-0.15, -0.1) is 11.3 Å². The van der Waals surface area contributed by atoms with Crippen LogP contribution < -0.4 is 0 Å². The second-order valence-corrected chi connectivity index (χ2v) is 6.52. The second kappa shape index (κ2) is 5.32. The van der Waals surface area contributed by atoms with Gasteiger partial charge in [-0.3, -0.25) is 9.67 Å². The third kappa shape index (κ3) is 2.70. The van der Waals surface area contributed by atoms with Crippen LogP contribution in [-0.4, -0.2) is 19.7 Å². The third-order valence-corrected chi connectivity index (χ3v) is 4.15. The molecule has 0 radical (unpaired) electrons. The molecule has 0 aliphatic rings. The Labute approximate surface area is 116 Å². The van der Waals surface area contributed by atoms with Crippen molar-refractivity contribution in [1.29, 1.82) is 0 Å². The van der Waals surface area contributed by atoms with Crippen molar-refractivity contribution in [2.24, 2.45) is 5.92 Å². The molecule has 0 aliphatic heterocycles. The van der Waals surface area contributed by atoms with E-state index in [2.05, 4.69) is 47.4 Å². The Morgan fingerprint density at radius 2 is 2.11 bits per heavy atom. The highest BCUT2D eigenvalue weighted by Gasteiger charge is 2.14. The first-order valence-corrected chi connectivity index (χ1v) is 7.32. The molecular formula is C12H18N4S2. The van der Waals surface area contributed by atoms with Gasteiger partial charge in [-0.25, -0.2) is 4.98 Å². The Balaban J connectivity index is 2.40. The summed E-state index contributed by atoms with van der Waals surface area (Å²) < 4.78 is 2.73. The van der Waals surface area contributed by atoms with Gasteiger partial charge in [0.15, 0.2) is 10.6 Å². The number of H-pyrrole nitrogens is 1. The summed E-state index contributed by atoms with van der Waals surface area (Å²) in [5.41, 5.74) is 0. The quantitative estimate of drug-likeness (QED) is 0.867. The van der Waals surface area contributed by atoms with Crippen molar-refractivity contribution < 1.29 is 0 Å². The molecule has 2 rings (SSSR count). The van der Waals surface area contributed by atoms with Crippen LogP contribution in [0.15, 0.2) is 6.20 Å². The van der Waals surface area contributed by atoms with E-state index in [4.69, 9.17) is 12.2 Å². The molecule has 0 unspecified atom stereocenters. The number of hydrogen-bond acceptors (Lipinski definition) is 4. The normalized spacial score (nSPS) is 11.7. The molecule has 6 heteroatoms. The summed E-state index contributed by atoms with van der Waals surface area (Å²) in [7, 11) is 0. The van der Waals surface area contributed by atoms with E-state index in [9.17, 15) is 0 Å². The standard InChI is InChI=1S/C12H18N4S2/c1-7(2)6-16-10(14-15-12(16)17)9-5-13-11(18-9)8(3)4/h5,7-8H,6H2,1-4H3,(H,15,17). The fraction of sp³-hybridized carbons (Fsp3) is 0.583. The first kappa shape index (κ1) is 13.4. The minimum atomic E-state index is 0.448. The Morgan fingerprint density at radius 1 is 1.39 bits per heavy atom. The number of rotatable bonds is 4. The lowest BCUT2D eigenvalue weighted by Gasteiger charge is -2.07. The predicted molar refractivity (Wildman–Crippen MR) is 77.4 cm³/mol. The molecule has 0 fully saturated rings. The first-order chi connectivity index (χ1) is 8.49. The van der Waals surface area contributed by atoms with Gasteiger partial charge in [-0.1, -0.05) is 27.7 Å². The molecule has 18 heavy (non-hydrogen) atoms. The largest absolute Gasteiger partial charge is 0.299 e. The zero-order valence-corrected chi connectivity index (χ0v) is 12.7. The summed E-state index contributed by atoms with van der Waals surface area (Å²) in [6.45, 7) is 9.51. The molecule has 2 aromatic heterocycles. The average Bonchev–Trinajstić information content (AvgIpc) is 2.86. The highest BCUT2D eigenvalue weighted by molar-refractivity contribution is 7.71. The van der Waals surface area contributed by atoms with Crippen LogP contribution in [0.1, 0.15) is 38.6 Å². The SMILES string of the molecule is CC(C)Cn1c(-c2cnc(C(C)C)s2)n[nH]c1=S. The highest BCUT2D eigenvalue weighted by Crippen LogP contribution is 2.28. The molecule has 0 amide bonds. The van der Waals surface area contributed by atoms with E-state index < -0.39 is 0 Å². The topological polar surface area (TPSA) is 46.5 Å². The molecule has 1 N–H and O–H groups in total. The molecule has 0 aliphatic carbocycles. The lowest BCUT2D eigenvalue weighted by atomic mass is 10.2. The van der Waals surface area contributed by atoms with Gasteiger partial charge in [-0.05, 0) is 18.1 Å². The van der Waals surface area contributed by atoms with Crippen molar-refractivity contribution in [2.45, 2.75) is 40.2 Å². The maximum Gasteiger partial charge on any atom is 0.195 e. The van der Waals surface area contributed by atoms with E-state index in [0.29, 0.717) is 16.6 Å². The fourth-order valence-corrected chi connectivity index (χ4v) is 2.82. The predicted octanol–water partition coefficient (Wildman–Crippen LogP) is 3.84. The number of thiazole rings is 1. The Bertz CT molecular complexity index is 577. The number of nitrogens with zero attached hydrogens (tertiary/aromatic N) is 3. The molecular weight excluding hydrogens is 264 g/mol. The molecule has 4 nitrogen and oxygen atoms in total. The van der Waals surface area contributed by atoms with Gasteiger partial charge in [0.05, 0.1) is 9.88 Å². The summed E-state index contributed by atoms with van der Waals surface area (Å²) in [5, 5.41) is 8.34. The van der Waals surface area contributed by atoms with Crippen molar-refractivity contribution in [3.63, 3.8) is 0 Å². The van der Waals surface area contributed by atoms with Crippen LogP contribution in [0.4, 0.5) is 0 Å². The molecule has 0 spiro atoms. The monoisotopic (exact) mass is 282 g/mol. The van der Waals surface area contributed by atoms with E-state index in [1.54, 1.807) is 11.3 Å². The molecule has 2 aromatic rings. The van der Waals surface area contributed by atoms with Crippen LogP contribution in [0.25, 0.3) is 10.7 Å². The maximum absolute atomic E-state index is 5.28. The summed E-state index contributed by atoms with van der Waals surface area (Å²) in [6.07, 6.45) is 1.89. The van der Waals surface area contributed by atoms with Gasteiger partial charge in [0.2, 0.25) is 0 Å². The highest BCUT2D eigenvalue weighted by atomic mass is 32.1. The van der Waals surface area contributed by atoms with Crippen molar-refractivity contribution in [3.8, 4) is 10.7 Å². The van der Waals surface area contributed by atoms with Gasteiger partial charge >= 0.3 is 0 Å². The molecule has 0 saturated heterocycles. The van der Waals surface area contributed by atoms with E-state index in [1.165, 1.54) is 0 Å². The van der Waals surface area contributed by atoms with E-state index in [-0.39, 0.29) is 0 Å². The molecule has 0 bridgehead atoms. The summed E-state index contributed by atoms with van der Waals surface area (Å²) in [5.74, 6) is 1.88. The second-order valence-electron chi connectivity index (χ2n) is 5.07. The summed E-state index contributed by atoms with van der Waals surface area (Å²) >= 11 is 6.97. The Kier molecular flexibility index (Phi) is 3.97. The number of aromatic amines is 1. The van der Waals surface area contributed by atoms with Gasteiger partial charge in [0, 0.05) is 18.7 Å². The molecule has 2 heterocycles. The van der Waals surface area contributed by atoms with Crippen LogP contribution in [0.5, 0.6) is 0 Å². The van der Waals surface area contributed by atoms with Gasteiger partial charge < -0.3 is 0 Å². The summed E-state index contributed by atoms with van der Waals surface area (Å²) in [6, 6.07) is 0. The van der Waals surface area contributed by atoms with Gasteiger partial charge in [0.25, 0.3) is 0 Å². The van der Waals surface area contributed by atoms with Crippen LogP contribution in [0.3, 0.4) is 0 Å². The number of aromatic nitrogens is 4. The zero-order valence-electron chi connectivity index (χ0n) is 11.1. The van der Waals surface area contributed by atoms with E-state index in [1.807, 2.05) is 6.20 Å². The Morgan fingerprint density at radius 3 is 2.67 bits per heavy atom. The summed E-state index contributed by atoms with van der Waals surface area (Å²) in [4.78, 5) is 5.51. The third-order valence-electron chi connectivity index (χ3n) is 2.54. The van der Waals surface area contributed by atoms with E-state index in [0.717, 1.165) is 22.3 Å². The molecule has 0 aromatic carbocycles. The van der Waals surface area contributed by atoms with Crippen LogP contribution in [-0.2, 0) is 6.54 Å². The molecule has 0 atom stereocenters. The number of hydrogen-bond donors (Lipinski definition) is 1. The van der Waals surface area contributed by atoms with Gasteiger partial charge in [-0.2, -0.15) is 5.10 Å². The smallest absolute Gasteiger partial charge is 0.195 e. The fourth-order valence-electron chi connectivity index (χ4n) is 1.70. The van der Waals surface area contributed by atoms with Crippen LogP contribution >= 0.6 is 23.6 Å². The average molecular weight is 282 g/mol. The minimum absolute atomic E-state index is 0.448. The Hall–Kier alpha value is -1.01. The minimum Gasteiger partial charge on any atom is -0.299 e. The zero-order chi connectivity index (χ0) is 13.3. The molecule has 98 valence electrons. The van der Waals surface area contributed by atoms with Crippen LogP contribution in [0, 0.1) is 10.7 Å². The lowest BCUT2D eigenvalue weighted by Crippen LogP contribution is -2.05. The first-order valence-electron chi connectivity index (χ1n) is 6.10. The number of nitrogens with one attached hydrogen (secondary N) is 1. The van der Waals surface area contributed by atoms with Gasteiger partial charge in [0.1, 0.15) is 0 Å². The van der Waals surface area contributed by atoms with Crippen molar-refractivity contribution in [3.05, 3.63) is 16.0 Å². The molecule has 0 saturated carbocycles. The van der Waals surface area contributed by atoms with Crippen molar-refractivity contribution >= 4 is 23.6 Å². The van der Waals surface area contributed by atoms with Crippen molar-refractivity contribution in [1.82, 2.24) is 19.7 Å².